The highest BCUT2D eigenvalue weighted by atomic mass is 16.5. The van der Waals surface area contributed by atoms with Crippen LogP contribution < -0.4 is 0 Å². The Morgan fingerprint density at radius 2 is 2.00 bits per heavy atom. The summed E-state index contributed by atoms with van der Waals surface area (Å²) in [6, 6.07) is 0. The molecule has 122 valence electrons. The molecule has 0 saturated carbocycles. The van der Waals surface area contributed by atoms with E-state index in [0.717, 1.165) is 45.8 Å². The predicted molar refractivity (Wildman–Crippen MR) is 85.2 cm³/mol. The highest BCUT2D eigenvalue weighted by Gasteiger charge is 2.48. The molecule has 2 aliphatic rings. The number of hydrogen-bond acceptors (Lipinski definition) is 3. The van der Waals surface area contributed by atoms with Gasteiger partial charge in [-0.3, -0.25) is 4.79 Å². The lowest BCUT2D eigenvalue weighted by Gasteiger charge is -2.53. The van der Waals surface area contributed by atoms with Gasteiger partial charge >= 0.3 is 0 Å². The molecule has 0 aromatic rings. The second kappa shape index (κ2) is 7.10. The second-order valence-corrected chi connectivity index (χ2v) is 7.23. The van der Waals surface area contributed by atoms with Crippen LogP contribution in [-0.4, -0.2) is 60.6 Å². The molecule has 0 aromatic carbocycles. The minimum absolute atomic E-state index is 0.00754. The van der Waals surface area contributed by atoms with Gasteiger partial charge in [-0.2, -0.15) is 0 Å². The van der Waals surface area contributed by atoms with Crippen LogP contribution in [-0.2, 0) is 9.53 Å². The molecule has 0 aliphatic carbocycles. The van der Waals surface area contributed by atoms with Gasteiger partial charge in [-0.05, 0) is 37.8 Å². The summed E-state index contributed by atoms with van der Waals surface area (Å²) in [7, 11) is 0. The Morgan fingerprint density at radius 1 is 1.33 bits per heavy atom. The number of rotatable bonds is 6. The molecule has 0 unspecified atom stereocenters. The maximum atomic E-state index is 12.0. The van der Waals surface area contributed by atoms with Crippen LogP contribution in [0.15, 0.2) is 0 Å². The van der Waals surface area contributed by atoms with Gasteiger partial charge in [0, 0.05) is 13.0 Å². The van der Waals surface area contributed by atoms with Gasteiger partial charge in [0.15, 0.2) is 0 Å². The van der Waals surface area contributed by atoms with E-state index < -0.39 is 0 Å². The van der Waals surface area contributed by atoms with E-state index in [4.69, 9.17) is 4.74 Å². The summed E-state index contributed by atoms with van der Waals surface area (Å²) >= 11 is 0. The van der Waals surface area contributed by atoms with Gasteiger partial charge in [-0.1, -0.05) is 27.7 Å². The van der Waals surface area contributed by atoms with Crippen molar-refractivity contribution >= 4 is 5.91 Å². The van der Waals surface area contributed by atoms with Crippen LogP contribution in [0.2, 0.25) is 0 Å². The molecule has 0 bridgehead atoms. The summed E-state index contributed by atoms with van der Waals surface area (Å²) in [6.45, 7) is 14.5. The molecular formula is C17H32N2O2. The van der Waals surface area contributed by atoms with E-state index in [1.165, 1.54) is 6.42 Å². The summed E-state index contributed by atoms with van der Waals surface area (Å²) in [5, 5.41) is 0. The van der Waals surface area contributed by atoms with Crippen LogP contribution in [0.25, 0.3) is 0 Å². The Hall–Kier alpha value is -0.610. The van der Waals surface area contributed by atoms with Gasteiger partial charge in [-0.25, -0.2) is 0 Å². The van der Waals surface area contributed by atoms with Crippen LogP contribution in [0.4, 0.5) is 0 Å². The van der Waals surface area contributed by atoms with E-state index >= 15 is 0 Å². The Bertz CT molecular complexity index is 337. The lowest BCUT2D eigenvalue weighted by Crippen LogP contribution is -2.66. The molecule has 2 rings (SSSR count). The fourth-order valence-corrected chi connectivity index (χ4v) is 3.46. The number of ether oxygens (including phenoxy) is 1. The minimum Gasteiger partial charge on any atom is -0.371 e. The molecular weight excluding hydrogens is 264 g/mol. The molecule has 2 fully saturated rings. The first-order chi connectivity index (χ1) is 9.98. The third kappa shape index (κ3) is 4.19. The van der Waals surface area contributed by atoms with Gasteiger partial charge in [0.1, 0.15) is 5.60 Å². The van der Waals surface area contributed by atoms with Crippen molar-refractivity contribution in [2.75, 3.05) is 39.3 Å². The highest BCUT2D eigenvalue weighted by molar-refractivity contribution is 5.77. The van der Waals surface area contributed by atoms with Crippen LogP contribution in [0.3, 0.4) is 0 Å². The normalized spacial score (nSPS) is 24.7. The number of carbonyl (C=O) groups is 1. The average molecular weight is 296 g/mol. The van der Waals surface area contributed by atoms with Gasteiger partial charge in [0.25, 0.3) is 0 Å². The van der Waals surface area contributed by atoms with Gasteiger partial charge in [0.05, 0.1) is 19.7 Å². The molecule has 2 aliphatic heterocycles. The van der Waals surface area contributed by atoms with E-state index in [9.17, 15) is 4.79 Å². The van der Waals surface area contributed by atoms with Gasteiger partial charge in [-0.15, -0.1) is 0 Å². The van der Waals surface area contributed by atoms with Crippen molar-refractivity contribution in [1.82, 2.24) is 9.80 Å². The van der Waals surface area contributed by atoms with Crippen molar-refractivity contribution in [2.45, 2.75) is 52.6 Å². The van der Waals surface area contributed by atoms with Crippen LogP contribution in [0.1, 0.15) is 47.0 Å². The van der Waals surface area contributed by atoms with Crippen molar-refractivity contribution in [1.29, 1.82) is 0 Å². The molecule has 0 N–H and O–H groups in total. The molecule has 2 saturated heterocycles. The third-order valence-corrected chi connectivity index (χ3v) is 4.94. The first kappa shape index (κ1) is 16.8. The quantitative estimate of drug-likeness (QED) is 0.754. The van der Waals surface area contributed by atoms with Crippen LogP contribution in [0, 0.1) is 11.8 Å². The van der Waals surface area contributed by atoms with E-state index in [-0.39, 0.29) is 5.60 Å². The summed E-state index contributed by atoms with van der Waals surface area (Å²) < 4.78 is 6.17. The third-order valence-electron chi connectivity index (χ3n) is 4.94. The lowest BCUT2D eigenvalue weighted by atomic mass is 9.82. The summed E-state index contributed by atoms with van der Waals surface area (Å²) in [6.07, 6.45) is 3.02. The number of likely N-dealkylation sites (tertiary alicyclic amines) is 1. The zero-order chi connectivity index (χ0) is 15.5. The first-order valence-electron chi connectivity index (χ1n) is 8.62. The van der Waals surface area contributed by atoms with Crippen LogP contribution in [0.5, 0.6) is 0 Å². The smallest absolute Gasteiger partial charge is 0.223 e. The van der Waals surface area contributed by atoms with E-state index in [1.54, 1.807) is 0 Å². The topological polar surface area (TPSA) is 32.8 Å². The second-order valence-electron chi connectivity index (χ2n) is 7.23. The molecule has 0 aromatic heterocycles. The molecule has 1 amide bonds. The SMILES string of the molecule is CCN(CC)C[C@H]1CCC2(CN(C(=O)CC(C)C)C2)OC1. The number of amides is 1. The lowest BCUT2D eigenvalue weighted by molar-refractivity contribution is -0.190. The van der Waals surface area contributed by atoms with Crippen LogP contribution >= 0.6 is 0 Å². The molecule has 1 atom stereocenters. The van der Waals surface area contributed by atoms with E-state index in [2.05, 4.69) is 32.6 Å². The van der Waals surface area contributed by atoms with Gasteiger partial charge in [0.2, 0.25) is 5.91 Å². The zero-order valence-corrected chi connectivity index (χ0v) is 14.2. The molecule has 4 nitrogen and oxygen atoms in total. The molecule has 21 heavy (non-hydrogen) atoms. The largest absolute Gasteiger partial charge is 0.371 e. The van der Waals surface area contributed by atoms with Crippen molar-refractivity contribution in [2.24, 2.45) is 11.8 Å². The summed E-state index contributed by atoms with van der Waals surface area (Å²) in [4.78, 5) is 16.5. The monoisotopic (exact) mass is 296 g/mol. The Kier molecular flexibility index (Phi) is 5.67. The maximum Gasteiger partial charge on any atom is 0.223 e. The summed E-state index contributed by atoms with van der Waals surface area (Å²) in [5.74, 6) is 1.40. The predicted octanol–water partition coefficient (Wildman–Crippen LogP) is 2.38. The standard InChI is InChI=1S/C17H32N2O2/c1-5-18(6-2)10-15-7-8-17(21-11-15)12-19(13-17)16(20)9-14(3)4/h14-15H,5-13H2,1-4H3/t15-/m1/s1. The van der Waals surface area contributed by atoms with E-state index in [1.807, 2.05) is 4.90 Å². The molecule has 0 radical (unpaired) electrons. The highest BCUT2D eigenvalue weighted by Crippen LogP contribution is 2.36. The molecule has 1 spiro atoms. The van der Waals surface area contributed by atoms with Crippen molar-refractivity contribution < 1.29 is 9.53 Å². The fraction of sp³-hybridized carbons (Fsp3) is 0.941. The molecule has 4 heteroatoms. The van der Waals surface area contributed by atoms with Crippen molar-refractivity contribution in [3.05, 3.63) is 0 Å². The Morgan fingerprint density at radius 3 is 2.48 bits per heavy atom. The van der Waals surface area contributed by atoms with Crippen molar-refractivity contribution in [3.8, 4) is 0 Å². The molecule has 2 heterocycles. The fourth-order valence-electron chi connectivity index (χ4n) is 3.46. The number of hydrogen-bond donors (Lipinski definition) is 0. The van der Waals surface area contributed by atoms with E-state index in [0.29, 0.717) is 24.2 Å². The maximum absolute atomic E-state index is 12.0. The first-order valence-corrected chi connectivity index (χ1v) is 8.62. The Labute approximate surface area is 129 Å². The minimum atomic E-state index is -0.00754. The number of carbonyl (C=O) groups excluding carboxylic acids is 1. The Balaban J connectivity index is 1.72. The van der Waals surface area contributed by atoms with Gasteiger partial charge < -0.3 is 14.5 Å². The van der Waals surface area contributed by atoms with Crippen molar-refractivity contribution in [3.63, 3.8) is 0 Å². The summed E-state index contributed by atoms with van der Waals surface area (Å²) in [5.41, 5.74) is -0.00754. The number of nitrogens with zero attached hydrogens (tertiary/aromatic N) is 2. The zero-order valence-electron chi connectivity index (χ0n) is 14.2. The average Bonchev–Trinajstić information content (AvgIpc) is 2.42.